The highest BCUT2D eigenvalue weighted by Crippen LogP contribution is 2.35. The maximum Gasteiger partial charge on any atom is 0.253 e. The Kier molecular flexibility index (Phi) is 6.71. The molecule has 1 N–H and O–H groups in total. The highest BCUT2D eigenvalue weighted by molar-refractivity contribution is 5.94. The van der Waals surface area contributed by atoms with Gasteiger partial charge in [0, 0.05) is 31.1 Å². The van der Waals surface area contributed by atoms with E-state index in [1.165, 1.54) is 28.8 Å². The van der Waals surface area contributed by atoms with Gasteiger partial charge in [0.15, 0.2) is 0 Å². The summed E-state index contributed by atoms with van der Waals surface area (Å²) in [6.45, 7) is 6.02. The average molecular weight is 431 g/mol. The van der Waals surface area contributed by atoms with Crippen LogP contribution in [0, 0.1) is 12.7 Å². The van der Waals surface area contributed by atoms with Crippen molar-refractivity contribution in [2.75, 3.05) is 20.1 Å². The molecular weight excluding hydrogens is 399 g/mol. The predicted octanol–water partition coefficient (Wildman–Crippen LogP) is 5.58. The zero-order valence-corrected chi connectivity index (χ0v) is 19.1. The van der Waals surface area contributed by atoms with Gasteiger partial charge in [-0.1, -0.05) is 55.0 Å². The quantitative estimate of drug-likeness (QED) is 0.554. The van der Waals surface area contributed by atoms with Crippen LogP contribution in [-0.4, -0.2) is 37.0 Å². The number of nitrogens with one attached hydrogen (secondary N) is 1. The van der Waals surface area contributed by atoms with Crippen molar-refractivity contribution in [3.8, 4) is 11.1 Å². The Balaban J connectivity index is 1.55. The number of likely N-dealkylation sites (N-methyl/N-ethyl adjacent to an activating group) is 2. The Morgan fingerprint density at radius 2 is 1.69 bits per heavy atom. The zero-order valence-electron chi connectivity index (χ0n) is 19.1. The summed E-state index contributed by atoms with van der Waals surface area (Å²) < 4.78 is 13.2. The molecule has 0 bridgehead atoms. The van der Waals surface area contributed by atoms with E-state index in [-0.39, 0.29) is 23.7 Å². The normalized spacial score (nSPS) is 17.6. The van der Waals surface area contributed by atoms with Crippen LogP contribution in [0.2, 0.25) is 0 Å². The third-order valence-electron chi connectivity index (χ3n) is 6.61. The summed E-state index contributed by atoms with van der Waals surface area (Å²) in [6, 6.07) is 20.9. The number of nitrogens with zero attached hydrogens (tertiary/aromatic N) is 1. The minimum atomic E-state index is -0.251. The molecule has 32 heavy (non-hydrogen) atoms. The molecular formula is C28H31FN2O. The number of carbonyl (C=O) groups excluding carboxylic acids is 1. The van der Waals surface area contributed by atoms with Gasteiger partial charge in [-0.25, -0.2) is 4.39 Å². The summed E-state index contributed by atoms with van der Waals surface area (Å²) in [5.41, 5.74) is 6.64. The van der Waals surface area contributed by atoms with Gasteiger partial charge in [0.05, 0.1) is 0 Å². The van der Waals surface area contributed by atoms with Crippen LogP contribution in [0.4, 0.5) is 4.39 Å². The van der Waals surface area contributed by atoms with Gasteiger partial charge in [-0.05, 0) is 72.8 Å². The van der Waals surface area contributed by atoms with E-state index in [4.69, 9.17) is 0 Å². The monoisotopic (exact) mass is 430 g/mol. The van der Waals surface area contributed by atoms with E-state index in [1.54, 1.807) is 12.1 Å². The highest BCUT2D eigenvalue weighted by atomic mass is 19.1. The van der Waals surface area contributed by atoms with Crippen LogP contribution >= 0.6 is 0 Å². The topological polar surface area (TPSA) is 32.3 Å². The van der Waals surface area contributed by atoms with E-state index in [0.717, 1.165) is 37.1 Å². The van der Waals surface area contributed by atoms with E-state index in [9.17, 15) is 9.18 Å². The van der Waals surface area contributed by atoms with E-state index < -0.39 is 0 Å². The summed E-state index contributed by atoms with van der Waals surface area (Å²) in [7, 11) is 1.93. The van der Waals surface area contributed by atoms with Crippen molar-refractivity contribution in [3.63, 3.8) is 0 Å². The van der Waals surface area contributed by atoms with Crippen LogP contribution < -0.4 is 5.32 Å². The molecule has 0 heterocycles. The van der Waals surface area contributed by atoms with Crippen LogP contribution in [0.25, 0.3) is 11.1 Å². The number of aryl methyl sites for hydroxylation is 2. The highest BCUT2D eigenvalue weighted by Gasteiger charge is 2.34. The van der Waals surface area contributed by atoms with E-state index in [1.807, 2.05) is 36.2 Å². The third kappa shape index (κ3) is 4.61. The Hall–Kier alpha value is -2.98. The summed E-state index contributed by atoms with van der Waals surface area (Å²) in [4.78, 5) is 15.3. The molecule has 166 valence electrons. The van der Waals surface area contributed by atoms with Crippen LogP contribution in [0.3, 0.4) is 0 Å². The average Bonchev–Trinajstić information content (AvgIpc) is 2.82. The SMILES string of the molecule is CCNCC1c2ccc(C)cc2CCC1N(C)C(=O)c1ccc(-c2ccc(F)cc2)cc1. The molecule has 0 aliphatic heterocycles. The molecule has 3 aromatic carbocycles. The maximum atomic E-state index is 13.4. The fourth-order valence-corrected chi connectivity index (χ4v) is 4.84. The van der Waals surface area contributed by atoms with E-state index >= 15 is 0 Å². The van der Waals surface area contributed by atoms with Gasteiger partial charge in [-0.3, -0.25) is 4.79 Å². The molecule has 0 saturated carbocycles. The molecule has 3 nitrogen and oxygen atoms in total. The smallest absolute Gasteiger partial charge is 0.253 e. The fourth-order valence-electron chi connectivity index (χ4n) is 4.84. The van der Waals surface area contributed by atoms with Crippen molar-refractivity contribution in [2.45, 2.75) is 38.6 Å². The first-order valence-corrected chi connectivity index (χ1v) is 11.4. The summed E-state index contributed by atoms with van der Waals surface area (Å²) in [5.74, 6) is 0.0583. The molecule has 1 aliphatic rings. The predicted molar refractivity (Wildman–Crippen MR) is 129 cm³/mol. The van der Waals surface area contributed by atoms with Crippen molar-refractivity contribution < 1.29 is 9.18 Å². The van der Waals surface area contributed by atoms with Crippen molar-refractivity contribution in [1.82, 2.24) is 10.2 Å². The molecule has 2 unspecified atom stereocenters. The van der Waals surface area contributed by atoms with Crippen molar-refractivity contribution in [1.29, 1.82) is 0 Å². The van der Waals surface area contributed by atoms with Crippen LogP contribution in [0.1, 0.15) is 46.3 Å². The second kappa shape index (κ2) is 9.66. The first-order valence-electron chi connectivity index (χ1n) is 11.4. The van der Waals surface area contributed by atoms with Crippen molar-refractivity contribution in [2.24, 2.45) is 0 Å². The van der Waals surface area contributed by atoms with E-state index in [0.29, 0.717) is 5.56 Å². The van der Waals surface area contributed by atoms with E-state index in [2.05, 4.69) is 37.4 Å². The number of halogens is 1. The Bertz CT molecular complexity index is 1080. The number of amides is 1. The lowest BCUT2D eigenvalue weighted by atomic mass is 9.77. The molecule has 0 radical (unpaired) electrons. The standard InChI is InChI=1S/C28H31FN2O/c1-4-30-18-26-25-15-5-19(2)17-23(25)12-16-27(26)31(3)28(32)22-8-6-20(7-9-22)21-10-13-24(29)14-11-21/h5-11,13-15,17,26-27,30H,4,12,16,18H2,1-3H3. The zero-order chi connectivity index (χ0) is 22.7. The second-order valence-corrected chi connectivity index (χ2v) is 8.72. The van der Waals surface area contributed by atoms with Gasteiger partial charge in [0.2, 0.25) is 0 Å². The summed E-state index contributed by atoms with van der Waals surface area (Å²) in [5, 5.41) is 3.50. The van der Waals surface area contributed by atoms with Gasteiger partial charge >= 0.3 is 0 Å². The van der Waals surface area contributed by atoms with Crippen molar-refractivity contribution >= 4 is 5.91 Å². The lowest BCUT2D eigenvalue weighted by Gasteiger charge is -2.39. The molecule has 1 aliphatic carbocycles. The number of carbonyl (C=O) groups is 1. The molecule has 0 spiro atoms. The van der Waals surface area contributed by atoms with Crippen LogP contribution in [0.15, 0.2) is 66.7 Å². The van der Waals surface area contributed by atoms with Gasteiger partial charge in [-0.15, -0.1) is 0 Å². The summed E-state index contributed by atoms with van der Waals surface area (Å²) >= 11 is 0. The molecule has 4 heteroatoms. The molecule has 0 aromatic heterocycles. The first kappa shape index (κ1) is 22.2. The molecule has 1 amide bonds. The van der Waals surface area contributed by atoms with Gasteiger partial charge in [0.1, 0.15) is 5.82 Å². The van der Waals surface area contributed by atoms with Gasteiger partial charge in [0.25, 0.3) is 5.91 Å². The Morgan fingerprint density at radius 3 is 2.34 bits per heavy atom. The first-order chi connectivity index (χ1) is 15.5. The molecule has 0 fully saturated rings. The van der Waals surface area contributed by atoms with Gasteiger partial charge in [-0.2, -0.15) is 0 Å². The maximum absolute atomic E-state index is 13.4. The van der Waals surface area contributed by atoms with Crippen molar-refractivity contribution in [3.05, 3.63) is 94.8 Å². The largest absolute Gasteiger partial charge is 0.338 e. The second-order valence-electron chi connectivity index (χ2n) is 8.72. The minimum Gasteiger partial charge on any atom is -0.338 e. The number of hydrogen-bond donors (Lipinski definition) is 1. The number of hydrogen-bond acceptors (Lipinski definition) is 2. The van der Waals surface area contributed by atoms with Crippen LogP contribution in [-0.2, 0) is 6.42 Å². The Labute approximate surface area is 190 Å². The number of fused-ring (bicyclic) bond motifs is 1. The summed E-state index contributed by atoms with van der Waals surface area (Å²) in [6.07, 6.45) is 1.95. The molecule has 0 saturated heterocycles. The lowest BCUT2D eigenvalue weighted by molar-refractivity contribution is 0.0689. The third-order valence-corrected chi connectivity index (χ3v) is 6.61. The van der Waals surface area contributed by atoms with Crippen LogP contribution in [0.5, 0.6) is 0 Å². The molecule has 2 atom stereocenters. The number of rotatable bonds is 6. The fraction of sp³-hybridized carbons (Fsp3) is 0.321. The Morgan fingerprint density at radius 1 is 1.03 bits per heavy atom. The number of benzene rings is 3. The lowest BCUT2D eigenvalue weighted by Crippen LogP contribution is -2.46. The molecule has 3 aromatic rings. The molecule has 4 rings (SSSR count). The minimum absolute atomic E-state index is 0.0396. The van der Waals surface area contributed by atoms with Gasteiger partial charge < -0.3 is 10.2 Å².